The zero-order valence-corrected chi connectivity index (χ0v) is 20.0. The first kappa shape index (κ1) is 23.0. The Labute approximate surface area is 196 Å². The molecule has 1 fully saturated rings. The number of piperazine rings is 1. The molecule has 0 bridgehead atoms. The van der Waals surface area contributed by atoms with E-state index in [1.807, 2.05) is 45.0 Å². The third kappa shape index (κ3) is 5.09. The monoisotopic (exact) mass is 447 g/mol. The largest absolute Gasteiger partial charge is 0.369 e. The van der Waals surface area contributed by atoms with Crippen LogP contribution in [-0.2, 0) is 9.59 Å². The zero-order chi connectivity index (χ0) is 23.5. The second-order valence-corrected chi connectivity index (χ2v) is 8.92. The molecule has 2 heterocycles. The number of amides is 2. The molecule has 2 aromatic rings. The van der Waals surface area contributed by atoms with Gasteiger partial charge in [-0.2, -0.15) is 5.10 Å². The van der Waals surface area contributed by atoms with Gasteiger partial charge >= 0.3 is 0 Å². The number of likely N-dealkylation sites (N-methyl/N-ethyl adjacent to an activating group) is 1. The van der Waals surface area contributed by atoms with Crippen molar-refractivity contribution in [1.82, 2.24) is 4.90 Å². The molecule has 2 aromatic carbocycles. The summed E-state index contributed by atoms with van der Waals surface area (Å²) >= 11 is 0. The number of nitrogens with zero attached hydrogens (tertiary/aromatic N) is 4. The van der Waals surface area contributed by atoms with Crippen molar-refractivity contribution in [1.29, 1.82) is 0 Å². The van der Waals surface area contributed by atoms with Crippen LogP contribution in [0.2, 0.25) is 0 Å². The number of hydrogen-bond acceptors (Lipinski definition) is 5. The number of nitrogens with one attached hydrogen (secondary N) is 1. The van der Waals surface area contributed by atoms with E-state index in [-0.39, 0.29) is 18.2 Å². The summed E-state index contributed by atoms with van der Waals surface area (Å²) in [5.74, 6) is -0.353. The summed E-state index contributed by atoms with van der Waals surface area (Å²) in [7, 11) is 0. The highest BCUT2D eigenvalue weighted by Gasteiger charge is 2.27. The minimum absolute atomic E-state index is 0.0936. The Hall–Kier alpha value is -3.19. The van der Waals surface area contributed by atoms with Crippen molar-refractivity contribution in [3.63, 3.8) is 0 Å². The van der Waals surface area contributed by atoms with Crippen molar-refractivity contribution in [2.24, 2.45) is 5.10 Å². The van der Waals surface area contributed by atoms with Gasteiger partial charge < -0.3 is 15.1 Å². The molecule has 7 nitrogen and oxygen atoms in total. The van der Waals surface area contributed by atoms with Gasteiger partial charge in [0.05, 0.1) is 5.69 Å². The van der Waals surface area contributed by atoms with E-state index in [9.17, 15) is 9.59 Å². The van der Waals surface area contributed by atoms with Gasteiger partial charge in [0.1, 0.15) is 5.71 Å². The fourth-order valence-electron chi connectivity index (χ4n) is 4.35. The molecule has 33 heavy (non-hydrogen) atoms. The van der Waals surface area contributed by atoms with Crippen LogP contribution in [0, 0.1) is 20.8 Å². The number of aryl methyl sites for hydroxylation is 3. The molecule has 2 aliphatic rings. The highest BCUT2D eigenvalue weighted by molar-refractivity contribution is 6.44. The number of rotatable bonds is 5. The Bertz CT molecular complexity index is 1090. The molecule has 0 unspecified atom stereocenters. The first-order valence-corrected chi connectivity index (χ1v) is 11.7. The Morgan fingerprint density at radius 3 is 2.42 bits per heavy atom. The van der Waals surface area contributed by atoms with Gasteiger partial charge in [-0.05, 0) is 68.3 Å². The van der Waals surface area contributed by atoms with Gasteiger partial charge in [0, 0.05) is 50.4 Å². The summed E-state index contributed by atoms with van der Waals surface area (Å²) in [4.78, 5) is 30.4. The van der Waals surface area contributed by atoms with Crippen molar-refractivity contribution in [3.8, 4) is 0 Å². The average Bonchev–Trinajstić information content (AvgIpc) is 2.82. The number of hydrazone groups is 1. The number of hydrogen-bond donors (Lipinski definition) is 1. The van der Waals surface area contributed by atoms with Crippen molar-refractivity contribution >= 4 is 34.6 Å². The van der Waals surface area contributed by atoms with E-state index in [1.54, 1.807) is 0 Å². The van der Waals surface area contributed by atoms with Crippen LogP contribution in [0.4, 0.5) is 17.1 Å². The van der Waals surface area contributed by atoms with Crippen molar-refractivity contribution in [2.45, 2.75) is 40.5 Å². The summed E-state index contributed by atoms with van der Waals surface area (Å²) < 4.78 is 0. The van der Waals surface area contributed by atoms with Crippen LogP contribution in [0.15, 0.2) is 41.5 Å². The van der Waals surface area contributed by atoms with Gasteiger partial charge in [0.2, 0.25) is 5.91 Å². The molecule has 0 radical (unpaired) electrons. The van der Waals surface area contributed by atoms with Crippen molar-refractivity contribution < 1.29 is 9.59 Å². The Balaban J connectivity index is 1.48. The van der Waals surface area contributed by atoms with Gasteiger partial charge in [-0.1, -0.05) is 19.1 Å². The third-order valence-corrected chi connectivity index (χ3v) is 6.53. The predicted molar refractivity (Wildman–Crippen MR) is 134 cm³/mol. The van der Waals surface area contributed by atoms with E-state index in [4.69, 9.17) is 0 Å². The van der Waals surface area contributed by atoms with Gasteiger partial charge in [-0.25, -0.2) is 5.01 Å². The van der Waals surface area contributed by atoms with Crippen LogP contribution in [0.25, 0.3) is 0 Å². The highest BCUT2D eigenvalue weighted by atomic mass is 16.2. The normalized spacial score (nSPS) is 17.2. The molecule has 0 saturated carbocycles. The molecule has 1 N–H and O–H groups in total. The third-order valence-electron chi connectivity index (χ3n) is 6.53. The molecule has 0 aliphatic carbocycles. The summed E-state index contributed by atoms with van der Waals surface area (Å²) in [6, 6.07) is 12.1. The molecule has 0 atom stereocenters. The van der Waals surface area contributed by atoms with Crippen LogP contribution in [0.3, 0.4) is 0 Å². The van der Waals surface area contributed by atoms with E-state index >= 15 is 0 Å². The van der Waals surface area contributed by atoms with Crippen LogP contribution >= 0.6 is 0 Å². The molecule has 2 aliphatic heterocycles. The standard InChI is InChI=1S/C26H33N5O2/c1-5-29-12-14-30(15-13-29)21-8-9-22(20(4)17-21)27-26(33)23-10-11-25(32)31(28-23)24-16-18(2)6-7-19(24)3/h6-9,16-17H,5,10-15H2,1-4H3,(H,27,33). The van der Waals surface area contributed by atoms with E-state index in [0.29, 0.717) is 12.1 Å². The molecule has 1 saturated heterocycles. The van der Waals surface area contributed by atoms with E-state index in [1.165, 1.54) is 10.7 Å². The van der Waals surface area contributed by atoms with Crippen molar-refractivity contribution in [3.05, 3.63) is 53.1 Å². The summed E-state index contributed by atoms with van der Waals surface area (Å²) in [6.45, 7) is 13.4. The summed E-state index contributed by atoms with van der Waals surface area (Å²) in [6.07, 6.45) is 0.603. The number of benzene rings is 2. The molecular formula is C26H33N5O2. The lowest BCUT2D eigenvalue weighted by Gasteiger charge is -2.35. The topological polar surface area (TPSA) is 68.2 Å². The molecule has 0 aromatic heterocycles. The first-order chi connectivity index (χ1) is 15.9. The fraction of sp³-hybridized carbons (Fsp3) is 0.423. The van der Waals surface area contributed by atoms with Crippen molar-refractivity contribution in [2.75, 3.05) is 47.9 Å². The number of carbonyl (C=O) groups excluding carboxylic acids is 2. The SMILES string of the molecule is CCN1CCN(c2ccc(NC(=O)C3=NN(c4cc(C)ccc4C)C(=O)CC3)c(C)c2)CC1. The van der Waals surface area contributed by atoms with E-state index in [2.05, 4.69) is 39.3 Å². The minimum atomic E-state index is -0.259. The maximum absolute atomic E-state index is 13.0. The maximum Gasteiger partial charge on any atom is 0.271 e. The van der Waals surface area contributed by atoms with Crippen LogP contribution < -0.4 is 15.2 Å². The molecule has 174 valence electrons. The van der Waals surface area contributed by atoms with Gasteiger partial charge in [0.25, 0.3) is 5.91 Å². The number of anilines is 3. The first-order valence-electron chi connectivity index (χ1n) is 11.7. The minimum Gasteiger partial charge on any atom is -0.369 e. The lowest BCUT2D eigenvalue weighted by atomic mass is 10.1. The smallest absolute Gasteiger partial charge is 0.271 e. The van der Waals surface area contributed by atoms with Gasteiger partial charge in [-0.15, -0.1) is 0 Å². The Kier molecular flexibility index (Phi) is 6.79. The highest BCUT2D eigenvalue weighted by Crippen LogP contribution is 2.27. The van der Waals surface area contributed by atoms with Gasteiger partial charge in [-0.3, -0.25) is 9.59 Å². The molecule has 4 rings (SSSR count). The predicted octanol–water partition coefficient (Wildman–Crippen LogP) is 3.88. The molecule has 7 heteroatoms. The molecule has 2 amide bonds. The number of carbonyl (C=O) groups is 2. The lowest BCUT2D eigenvalue weighted by molar-refractivity contribution is -0.118. The molecule has 0 spiro atoms. The van der Waals surface area contributed by atoms with Crippen LogP contribution in [0.1, 0.15) is 36.5 Å². The lowest BCUT2D eigenvalue weighted by Crippen LogP contribution is -2.46. The van der Waals surface area contributed by atoms with Gasteiger partial charge in [0.15, 0.2) is 0 Å². The average molecular weight is 448 g/mol. The summed E-state index contributed by atoms with van der Waals surface area (Å²) in [5, 5.41) is 8.83. The second kappa shape index (κ2) is 9.75. The molecular weight excluding hydrogens is 414 g/mol. The quantitative estimate of drug-likeness (QED) is 0.755. The maximum atomic E-state index is 13.0. The van der Waals surface area contributed by atoms with Crippen LogP contribution in [-0.4, -0.2) is 55.1 Å². The second-order valence-electron chi connectivity index (χ2n) is 8.92. The summed E-state index contributed by atoms with van der Waals surface area (Å²) in [5.41, 5.74) is 6.06. The van der Waals surface area contributed by atoms with Crippen LogP contribution in [0.5, 0.6) is 0 Å². The van der Waals surface area contributed by atoms with E-state index in [0.717, 1.165) is 60.8 Å². The Morgan fingerprint density at radius 1 is 0.970 bits per heavy atom. The zero-order valence-electron chi connectivity index (χ0n) is 20.0. The Morgan fingerprint density at radius 2 is 1.73 bits per heavy atom. The fourth-order valence-corrected chi connectivity index (χ4v) is 4.35. The van der Waals surface area contributed by atoms with E-state index < -0.39 is 0 Å².